The maximum absolute atomic E-state index is 12.4. The van der Waals surface area contributed by atoms with Gasteiger partial charge in [0.15, 0.2) is 0 Å². The van der Waals surface area contributed by atoms with Gasteiger partial charge in [-0.15, -0.1) is 0 Å². The number of ether oxygens (including phenoxy) is 1. The summed E-state index contributed by atoms with van der Waals surface area (Å²) < 4.78 is 5.32. The van der Waals surface area contributed by atoms with Gasteiger partial charge in [-0.25, -0.2) is 0 Å². The first-order valence-electron chi connectivity index (χ1n) is 9.65. The van der Waals surface area contributed by atoms with Crippen LogP contribution >= 0.6 is 0 Å². The quantitative estimate of drug-likeness (QED) is 0.807. The molecule has 136 valence electrons. The van der Waals surface area contributed by atoms with Crippen molar-refractivity contribution in [3.05, 3.63) is 35.9 Å². The van der Waals surface area contributed by atoms with E-state index in [2.05, 4.69) is 40.1 Å². The number of amides is 1. The smallest absolute Gasteiger partial charge is 0.236 e. The van der Waals surface area contributed by atoms with Crippen LogP contribution in [-0.2, 0) is 9.53 Å². The molecule has 1 saturated carbocycles. The van der Waals surface area contributed by atoms with Crippen LogP contribution in [-0.4, -0.2) is 86.2 Å². The number of hydrogen-bond acceptors (Lipinski definition) is 4. The lowest BCUT2D eigenvalue weighted by Crippen LogP contribution is -2.51. The summed E-state index contributed by atoms with van der Waals surface area (Å²) in [4.78, 5) is 19.2. The second-order valence-corrected chi connectivity index (χ2v) is 7.58. The van der Waals surface area contributed by atoms with Gasteiger partial charge in [-0.2, -0.15) is 0 Å². The number of carbonyl (C=O) groups excluding carboxylic acids is 1. The van der Waals surface area contributed by atoms with E-state index >= 15 is 0 Å². The molecule has 3 fully saturated rings. The third kappa shape index (κ3) is 4.40. The molecule has 3 aliphatic rings. The number of carbonyl (C=O) groups is 1. The molecule has 1 aliphatic carbocycles. The van der Waals surface area contributed by atoms with Crippen LogP contribution in [0.15, 0.2) is 30.3 Å². The second kappa shape index (κ2) is 7.85. The fraction of sp³-hybridized carbons (Fsp3) is 0.650. The van der Waals surface area contributed by atoms with Gasteiger partial charge in [0.05, 0.1) is 19.8 Å². The number of rotatable bonds is 5. The highest BCUT2D eigenvalue weighted by Gasteiger charge is 2.39. The normalized spacial score (nSPS) is 28.1. The summed E-state index contributed by atoms with van der Waals surface area (Å²) in [5, 5.41) is 0. The van der Waals surface area contributed by atoms with E-state index in [1.54, 1.807) is 0 Å². The van der Waals surface area contributed by atoms with Crippen molar-refractivity contribution in [1.82, 2.24) is 14.7 Å². The fourth-order valence-corrected chi connectivity index (χ4v) is 4.12. The number of nitrogens with zero attached hydrogens (tertiary/aromatic N) is 3. The molecule has 4 rings (SSSR count). The number of hydrogen-bond donors (Lipinski definition) is 0. The Labute approximate surface area is 150 Å². The van der Waals surface area contributed by atoms with E-state index in [1.165, 1.54) is 18.5 Å². The molecular formula is C20H29N3O2. The summed E-state index contributed by atoms with van der Waals surface area (Å²) in [5.41, 5.74) is 1.50. The van der Waals surface area contributed by atoms with E-state index < -0.39 is 0 Å². The molecule has 1 amide bonds. The van der Waals surface area contributed by atoms with Crippen molar-refractivity contribution in [1.29, 1.82) is 0 Å². The highest BCUT2D eigenvalue weighted by Crippen LogP contribution is 2.47. The van der Waals surface area contributed by atoms with E-state index in [0.29, 0.717) is 19.8 Å². The van der Waals surface area contributed by atoms with Gasteiger partial charge in [-0.1, -0.05) is 30.3 Å². The topological polar surface area (TPSA) is 36.0 Å². The molecule has 2 heterocycles. The number of benzene rings is 1. The number of piperazine rings is 1. The third-order valence-electron chi connectivity index (χ3n) is 5.83. The second-order valence-electron chi connectivity index (χ2n) is 7.58. The van der Waals surface area contributed by atoms with Gasteiger partial charge in [0.25, 0.3) is 0 Å². The Hall–Kier alpha value is -1.43. The van der Waals surface area contributed by atoms with Crippen molar-refractivity contribution in [2.75, 3.05) is 65.6 Å². The Morgan fingerprint density at radius 2 is 1.64 bits per heavy atom. The molecule has 2 aliphatic heterocycles. The predicted octanol–water partition coefficient (Wildman–Crippen LogP) is 1.27. The average molecular weight is 343 g/mol. The molecule has 0 N–H and O–H groups in total. The minimum Gasteiger partial charge on any atom is -0.378 e. The molecule has 25 heavy (non-hydrogen) atoms. The number of morpholine rings is 1. The maximum atomic E-state index is 12.4. The molecule has 1 aromatic carbocycles. The fourth-order valence-electron chi connectivity index (χ4n) is 4.12. The van der Waals surface area contributed by atoms with Crippen LogP contribution in [0.2, 0.25) is 0 Å². The summed E-state index contributed by atoms with van der Waals surface area (Å²) in [6.45, 7) is 8.87. The molecular weight excluding hydrogens is 314 g/mol. The molecule has 0 unspecified atom stereocenters. The minimum atomic E-state index is 0.267. The molecule has 2 atom stereocenters. The molecule has 2 saturated heterocycles. The molecule has 0 aromatic heterocycles. The predicted molar refractivity (Wildman–Crippen MR) is 97.6 cm³/mol. The first-order valence-corrected chi connectivity index (χ1v) is 9.65. The zero-order valence-electron chi connectivity index (χ0n) is 15.0. The highest BCUT2D eigenvalue weighted by molar-refractivity contribution is 5.78. The van der Waals surface area contributed by atoms with Crippen molar-refractivity contribution < 1.29 is 9.53 Å². The van der Waals surface area contributed by atoms with Gasteiger partial charge >= 0.3 is 0 Å². The van der Waals surface area contributed by atoms with E-state index in [9.17, 15) is 4.79 Å². The largest absolute Gasteiger partial charge is 0.378 e. The van der Waals surface area contributed by atoms with E-state index in [4.69, 9.17) is 4.74 Å². The lowest BCUT2D eigenvalue weighted by molar-refractivity contribution is -0.136. The van der Waals surface area contributed by atoms with Gasteiger partial charge in [0, 0.05) is 45.8 Å². The molecule has 5 heteroatoms. The van der Waals surface area contributed by atoms with Gasteiger partial charge in [-0.05, 0) is 23.8 Å². The molecule has 5 nitrogen and oxygen atoms in total. The van der Waals surface area contributed by atoms with Crippen LogP contribution < -0.4 is 0 Å². The lowest BCUT2D eigenvalue weighted by Gasteiger charge is -2.36. The molecule has 0 bridgehead atoms. The van der Waals surface area contributed by atoms with Gasteiger partial charge in [0.2, 0.25) is 5.91 Å². The van der Waals surface area contributed by atoms with Crippen molar-refractivity contribution in [3.8, 4) is 0 Å². The molecule has 1 aromatic rings. The van der Waals surface area contributed by atoms with Crippen LogP contribution in [0.5, 0.6) is 0 Å². The zero-order chi connectivity index (χ0) is 17.1. The SMILES string of the molecule is O=C(CN1CCN(C[C@@H]2C[C@H]2c2ccccc2)CC1)N1CCOCC1. The zero-order valence-corrected chi connectivity index (χ0v) is 15.0. The summed E-state index contributed by atoms with van der Waals surface area (Å²) in [7, 11) is 0. The van der Waals surface area contributed by atoms with Crippen LogP contribution in [0.3, 0.4) is 0 Å². The standard InChI is InChI=1S/C20H29N3O2/c24-20(23-10-12-25-13-11-23)16-22-8-6-21(7-9-22)15-18-14-19(18)17-4-2-1-3-5-17/h1-5,18-19H,6-16H2/t18-,19-/m0/s1. The van der Waals surface area contributed by atoms with Gasteiger partial charge < -0.3 is 14.5 Å². The van der Waals surface area contributed by atoms with Crippen molar-refractivity contribution >= 4 is 5.91 Å². The summed E-state index contributed by atoms with van der Waals surface area (Å²) in [6, 6.07) is 10.9. The van der Waals surface area contributed by atoms with Crippen molar-refractivity contribution in [2.45, 2.75) is 12.3 Å². The average Bonchev–Trinajstić information content (AvgIpc) is 3.44. The lowest BCUT2D eigenvalue weighted by atomic mass is 10.1. The molecule has 0 spiro atoms. The Morgan fingerprint density at radius 3 is 2.36 bits per heavy atom. The van der Waals surface area contributed by atoms with E-state index in [-0.39, 0.29) is 5.91 Å². The first kappa shape index (κ1) is 17.0. The Kier molecular flexibility index (Phi) is 5.34. The van der Waals surface area contributed by atoms with Gasteiger partial charge in [0.1, 0.15) is 0 Å². The summed E-state index contributed by atoms with van der Waals surface area (Å²) in [5.74, 6) is 1.86. The molecule has 0 radical (unpaired) electrons. The Bertz CT molecular complexity index is 566. The van der Waals surface area contributed by atoms with Gasteiger partial charge in [-0.3, -0.25) is 9.69 Å². The van der Waals surface area contributed by atoms with E-state index in [0.717, 1.165) is 51.1 Å². The third-order valence-corrected chi connectivity index (χ3v) is 5.83. The monoisotopic (exact) mass is 343 g/mol. The van der Waals surface area contributed by atoms with Crippen molar-refractivity contribution in [2.24, 2.45) is 5.92 Å². The van der Waals surface area contributed by atoms with E-state index in [1.807, 2.05) is 4.90 Å². The Balaban J connectivity index is 1.17. The van der Waals surface area contributed by atoms with Crippen LogP contribution in [0.1, 0.15) is 17.9 Å². The van der Waals surface area contributed by atoms with Crippen LogP contribution in [0.4, 0.5) is 0 Å². The van der Waals surface area contributed by atoms with Crippen LogP contribution in [0.25, 0.3) is 0 Å². The van der Waals surface area contributed by atoms with Crippen molar-refractivity contribution in [3.63, 3.8) is 0 Å². The van der Waals surface area contributed by atoms with Crippen LogP contribution in [0, 0.1) is 5.92 Å². The maximum Gasteiger partial charge on any atom is 0.236 e. The minimum absolute atomic E-state index is 0.267. The Morgan fingerprint density at radius 1 is 0.960 bits per heavy atom. The first-order chi connectivity index (χ1) is 12.3. The highest BCUT2D eigenvalue weighted by atomic mass is 16.5. The summed E-state index contributed by atoms with van der Waals surface area (Å²) in [6.07, 6.45) is 1.33. The summed E-state index contributed by atoms with van der Waals surface area (Å²) >= 11 is 0.